The van der Waals surface area contributed by atoms with Gasteiger partial charge in [0.25, 0.3) is 0 Å². The number of aryl methyl sites for hydroxylation is 2. The second kappa shape index (κ2) is 6.87. The molecule has 0 bridgehead atoms. The molecule has 2 aromatic heterocycles. The second-order valence-corrected chi connectivity index (χ2v) is 6.14. The number of nitrogens with zero attached hydrogens (tertiary/aromatic N) is 2. The van der Waals surface area contributed by atoms with Crippen LogP contribution >= 0.6 is 11.3 Å². The Hall–Kier alpha value is -1.13. The van der Waals surface area contributed by atoms with Gasteiger partial charge in [-0.2, -0.15) is 0 Å². The van der Waals surface area contributed by atoms with Gasteiger partial charge < -0.3 is 9.88 Å². The van der Waals surface area contributed by atoms with Crippen molar-refractivity contribution in [2.24, 2.45) is 0 Å². The molecule has 2 aromatic rings. The molecule has 3 nitrogen and oxygen atoms in total. The molecular formula is C15H23N3S. The van der Waals surface area contributed by atoms with Gasteiger partial charge in [0.1, 0.15) is 5.82 Å². The Balaban J connectivity index is 2.09. The maximum atomic E-state index is 4.44. The molecule has 0 amide bonds. The van der Waals surface area contributed by atoms with E-state index >= 15 is 0 Å². The maximum absolute atomic E-state index is 4.44. The highest BCUT2D eigenvalue weighted by atomic mass is 32.1. The van der Waals surface area contributed by atoms with E-state index in [0.29, 0.717) is 0 Å². The molecule has 0 saturated carbocycles. The predicted molar refractivity (Wildman–Crippen MR) is 81.8 cm³/mol. The molecule has 0 fully saturated rings. The largest absolute Gasteiger partial charge is 0.330 e. The van der Waals surface area contributed by atoms with Crippen molar-refractivity contribution in [2.75, 3.05) is 6.54 Å². The van der Waals surface area contributed by atoms with Gasteiger partial charge in [-0.3, -0.25) is 0 Å². The third-order valence-electron chi connectivity index (χ3n) is 3.24. The lowest BCUT2D eigenvalue weighted by molar-refractivity contribution is 0.702. The van der Waals surface area contributed by atoms with Crippen molar-refractivity contribution < 1.29 is 0 Å². The first-order chi connectivity index (χ1) is 9.24. The highest BCUT2D eigenvalue weighted by Crippen LogP contribution is 2.23. The number of hydrogen-bond acceptors (Lipinski definition) is 3. The van der Waals surface area contributed by atoms with Crippen molar-refractivity contribution in [3.8, 4) is 0 Å². The molecule has 0 atom stereocenters. The fourth-order valence-electron chi connectivity index (χ4n) is 2.20. The van der Waals surface area contributed by atoms with E-state index < -0.39 is 0 Å². The van der Waals surface area contributed by atoms with Crippen molar-refractivity contribution in [1.82, 2.24) is 14.9 Å². The third kappa shape index (κ3) is 3.67. The highest BCUT2D eigenvalue weighted by molar-refractivity contribution is 7.12. The summed E-state index contributed by atoms with van der Waals surface area (Å²) in [5.41, 5.74) is 1.42. The van der Waals surface area contributed by atoms with Crippen LogP contribution in [0, 0.1) is 6.92 Å². The molecule has 0 spiro atoms. The van der Waals surface area contributed by atoms with Crippen LogP contribution in [0.15, 0.2) is 18.5 Å². The highest BCUT2D eigenvalue weighted by Gasteiger charge is 2.08. The molecule has 104 valence electrons. The maximum Gasteiger partial charge on any atom is 0.108 e. The fraction of sp³-hybridized carbons (Fsp3) is 0.533. The van der Waals surface area contributed by atoms with Gasteiger partial charge >= 0.3 is 0 Å². The molecule has 0 radical (unpaired) electrons. The average molecular weight is 277 g/mol. The van der Waals surface area contributed by atoms with E-state index in [-0.39, 0.29) is 0 Å². The number of nitrogens with one attached hydrogen (secondary N) is 1. The summed E-state index contributed by atoms with van der Waals surface area (Å²) in [6.45, 7) is 9.51. The topological polar surface area (TPSA) is 29.9 Å². The molecule has 2 heterocycles. The first-order valence-electron chi connectivity index (χ1n) is 7.03. The van der Waals surface area contributed by atoms with Crippen molar-refractivity contribution in [3.63, 3.8) is 0 Å². The van der Waals surface area contributed by atoms with Gasteiger partial charge in [-0.25, -0.2) is 4.98 Å². The van der Waals surface area contributed by atoms with Crippen LogP contribution in [-0.2, 0) is 19.5 Å². The van der Waals surface area contributed by atoms with Gasteiger partial charge in [0.05, 0.1) is 0 Å². The summed E-state index contributed by atoms with van der Waals surface area (Å²) in [6, 6.07) is 2.33. The number of imidazole rings is 1. The zero-order valence-corrected chi connectivity index (χ0v) is 12.9. The van der Waals surface area contributed by atoms with Gasteiger partial charge in [-0.15, -0.1) is 11.3 Å². The van der Waals surface area contributed by atoms with E-state index in [1.165, 1.54) is 21.1 Å². The minimum atomic E-state index is 0.948. The molecule has 0 aromatic carbocycles. The van der Waals surface area contributed by atoms with Crippen molar-refractivity contribution in [3.05, 3.63) is 39.6 Å². The molecule has 19 heavy (non-hydrogen) atoms. The molecular weight excluding hydrogens is 254 g/mol. The van der Waals surface area contributed by atoms with E-state index in [9.17, 15) is 0 Å². The Morgan fingerprint density at radius 2 is 2.21 bits per heavy atom. The first kappa shape index (κ1) is 14.3. The summed E-state index contributed by atoms with van der Waals surface area (Å²) in [5.74, 6) is 1.20. The summed E-state index contributed by atoms with van der Waals surface area (Å²) < 4.78 is 2.27. The summed E-state index contributed by atoms with van der Waals surface area (Å²) in [4.78, 5) is 7.29. The van der Waals surface area contributed by atoms with Gasteiger partial charge in [-0.1, -0.05) is 13.8 Å². The number of hydrogen-bond donors (Lipinski definition) is 1. The van der Waals surface area contributed by atoms with E-state index in [0.717, 1.165) is 32.5 Å². The summed E-state index contributed by atoms with van der Waals surface area (Å²) in [7, 11) is 0. The van der Waals surface area contributed by atoms with Crippen molar-refractivity contribution in [2.45, 2.75) is 46.7 Å². The van der Waals surface area contributed by atoms with Gasteiger partial charge in [0.15, 0.2) is 0 Å². The van der Waals surface area contributed by atoms with Crippen LogP contribution in [0.5, 0.6) is 0 Å². The molecule has 0 aliphatic heterocycles. The Morgan fingerprint density at radius 3 is 2.95 bits per heavy atom. The zero-order chi connectivity index (χ0) is 13.7. The fourth-order valence-corrected chi connectivity index (χ4v) is 3.22. The van der Waals surface area contributed by atoms with Crippen molar-refractivity contribution in [1.29, 1.82) is 0 Å². The molecule has 0 saturated heterocycles. The lowest BCUT2D eigenvalue weighted by atomic mass is 10.2. The zero-order valence-electron chi connectivity index (χ0n) is 12.1. The van der Waals surface area contributed by atoms with Crippen molar-refractivity contribution >= 4 is 11.3 Å². The Kier molecular flexibility index (Phi) is 5.16. The van der Waals surface area contributed by atoms with Crippen LogP contribution < -0.4 is 5.32 Å². The van der Waals surface area contributed by atoms with Crippen LogP contribution in [0.2, 0.25) is 0 Å². The molecule has 2 rings (SSSR count). The molecule has 1 N–H and O–H groups in total. The van der Waals surface area contributed by atoms with Crippen LogP contribution in [0.1, 0.15) is 41.4 Å². The number of thiophene rings is 1. The van der Waals surface area contributed by atoms with Gasteiger partial charge in [0.2, 0.25) is 0 Å². The van der Waals surface area contributed by atoms with Crippen LogP contribution in [-0.4, -0.2) is 16.1 Å². The lowest BCUT2D eigenvalue weighted by Gasteiger charge is -2.06. The normalized spacial score (nSPS) is 11.1. The number of aromatic nitrogens is 2. The predicted octanol–water partition coefficient (Wildman–Crippen LogP) is 3.36. The summed E-state index contributed by atoms with van der Waals surface area (Å²) >= 11 is 1.90. The van der Waals surface area contributed by atoms with Crippen LogP contribution in [0.3, 0.4) is 0 Å². The molecule has 4 heteroatoms. The molecule has 0 aliphatic carbocycles. The van der Waals surface area contributed by atoms with E-state index in [1.807, 2.05) is 17.5 Å². The first-order valence-corrected chi connectivity index (χ1v) is 7.85. The SMILES string of the molecule is CCCc1nccn1Cc1cc(CNCC)sc1C. The Labute approximate surface area is 119 Å². The van der Waals surface area contributed by atoms with Crippen LogP contribution in [0.25, 0.3) is 0 Å². The standard InChI is InChI=1S/C15H23N3S/c1-4-6-15-17-7-8-18(15)11-13-9-14(10-16-5-2)19-12(13)3/h7-9,16H,4-6,10-11H2,1-3H3. The Morgan fingerprint density at radius 1 is 1.37 bits per heavy atom. The minimum Gasteiger partial charge on any atom is -0.330 e. The van der Waals surface area contributed by atoms with Crippen LogP contribution in [0.4, 0.5) is 0 Å². The monoisotopic (exact) mass is 277 g/mol. The minimum absolute atomic E-state index is 0.948. The van der Waals surface area contributed by atoms with E-state index in [4.69, 9.17) is 0 Å². The Bertz CT molecular complexity index is 513. The van der Waals surface area contributed by atoms with Gasteiger partial charge in [-0.05, 0) is 31.5 Å². The second-order valence-electron chi connectivity index (χ2n) is 4.80. The van der Waals surface area contributed by atoms with Gasteiger partial charge in [0, 0.05) is 41.7 Å². The quantitative estimate of drug-likeness (QED) is 0.841. The number of rotatable bonds is 7. The molecule has 0 unspecified atom stereocenters. The third-order valence-corrected chi connectivity index (χ3v) is 4.33. The smallest absolute Gasteiger partial charge is 0.108 e. The molecule has 0 aliphatic rings. The summed E-state index contributed by atoms with van der Waals surface area (Å²) in [6.07, 6.45) is 6.20. The van der Waals surface area contributed by atoms with E-state index in [1.54, 1.807) is 0 Å². The average Bonchev–Trinajstić information content (AvgIpc) is 2.96. The summed E-state index contributed by atoms with van der Waals surface area (Å²) in [5, 5.41) is 3.39. The van der Waals surface area contributed by atoms with E-state index in [2.05, 4.69) is 47.9 Å². The lowest BCUT2D eigenvalue weighted by Crippen LogP contribution is -2.10.